The molecule has 1 amide bonds. The van der Waals surface area contributed by atoms with Crippen molar-refractivity contribution in [3.05, 3.63) is 34.9 Å². The monoisotopic (exact) mass is 492 g/mol. The van der Waals surface area contributed by atoms with Gasteiger partial charge in [0.25, 0.3) is 5.91 Å². The Balaban J connectivity index is 1.89. The maximum atomic E-state index is 13.9. The summed E-state index contributed by atoms with van der Waals surface area (Å²) in [5.41, 5.74) is 7.56. The van der Waals surface area contributed by atoms with Crippen molar-refractivity contribution in [3.8, 4) is 6.07 Å². The number of nitriles is 1. The first-order valence-electron chi connectivity index (χ1n) is 9.92. The van der Waals surface area contributed by atoms with E-state index in [9.17, 15) is 10.1 Å². The largest absolute Gasteiger partial charge is 0.369 e. The van der Waals surface area contributed by atoms with Crippen LogP contribution in [0.3, 0.4) is 0 Å². The summed E-state index contributed by atoms with van der Waals surface area (Å²) in [6, 6.07) is 7.90. The van der Waals surface area contributed by atoms with Gasteiger partial charge < -0.3 is 8.80 Å². The second-order valence-electron chi connectivity index (χ2n) is 8.34. The van der Waals surface area contributed by atoms with Crippen molar-refractivity contribution in [3.63, 3.8) is 0 Å². The third kappa shape index (κ3) is 2.53. The molecule has 2 N–H and O–H groups in total. The van der Waals surface area contributed by atoms with E-state index >= 15 is 0 Å². The van der Waals surface area contributed by atoms with E-state index in [4.69, 9.17) is 13.8 Å². The molecule has 2 spiro atoms. The third-order valence-corrected chi connectivity index (χ3v) is 7.75. The number of fused-ring (bicyclic) bond motifs is 3. The topological polar surface area (TPSA) is 91.7 Å². The number of nitrogens with two attached hydrogens (primary N) is 1. The van der Waals surface area contributed by atoms with Crippen LogP contribution >= 0.6 is 23.0 Å². The molecule has 2 unspecified atom stereocenters. The molecule has 1 aromatic carbocycles. The summed E-state index contributed by atoms with van der Waals surface area (Å²) in [5, 5.41) is 9.44. The molecule has 0 radical (unpaired) electrons. The van der Waals surface area contributed by atoms with E-state index in [1.807, 2.05) is 55.1 Å². The molecule has 1 heterocycles. The highest BCUT2D eigenvalue weighted by molar-refractivity contribution is 14.1. The summed E-state index contributed by atoms with van der Waals surface area (Å²) in [5.74, 6) is 0.281. The number of rotatable bonds is 3. The predicted octanol–water partition coefficient (Wildman–Crippen LogP) is 3.56. The number of aliphatic imine (C=N–C) groups is 1. The van der Waals surface area contributed by atoms with Crippen LogP contribution in [-0.2, 0) is 19.8 Å². The average molecular weight is 492 g/mol. The van der Waals surface area contributed by atoms with Crippen LogP contribution in [0.25, 0.3) is 0 Å². The van der Waals surface area contributed by atoms with E-state index in [-0.39, 0.29) is 23.5 Å². The molecule has 28 heavy (non-hydrogen) atoms. The van der Waals surface area contributed by atoms with Crippen LogP contribution in [0, 0.1) is 16.7 Å². The van der Waals surface area contributed by atoms with Gasteiger partial charge in [-0.15, -0.1) is 0 Å². The van der Waals surface area contributed by atoms with Gasteiger partial charge in [0.15, 0.2) is 11.5 Å². The van der Waals surface area contributed by atoms with Gasteiger partial charge in [0.05, 0.1) is 17.7 Å². The average Bonchev–Trinajstić information content (AvgIpc) is 3.13. The van der Waals surface area contributed by atoms with Crippen molar-refractivity contribution < 1.29 is 7.86 Å². The number of halogens is 1. The number of carbonyl (C=O) groups is 1. The van der Waals surface area contributed by atoms with E-state index in [0.717, 1.165) is 49.7 Å². The quantitative estimate of drug-likeness (QED) is 0.654. The molecule has 0 saturated heterocycles. The van der Waals surface area contributed by atoms with Gasteiger partial charge in [0.2, 0.25) is 0 Å². The Morgan fingerprint density at radius 1 is 1.46 bits per heavy atom. The first kappa shape index (κ1) is 19.6. The lowest BCUT2D eigenvalue weighted by atomic mass is 9.61. The molecule has 4 rings (SSSR count). The summed E-state index contributed by atoms with van der Waals surface area (Å²) in [6.07, 6.45) is 5.32. The Labute approximate surface area is 179 Å². The molecule has 2 atom stereocenters. The third-order valence-electron chi connectivity index (χ3n) is 7.03. The Morgan fingerprint density at radius 2 is 2.18 bits per heavy atom. The maximum absolute atomic E-state index is 13.9. The molecule has 0 bridgehead atoms. The van der Waals surface area contributed by atoms with Crippen molar-refractivity contribution in [2.24, 2.45) is 16.1 Å². The van der Waals surface area contributed by atoms with Crippen molar-refractivity contribution in [2.45, 2.75) is 70.1 Å². The van der Waals surface area contributed by atoms with Crippen LogP contribution in [-0.4, -0.2) is 28.9 Å². The van der Waals surface area contributed by atoms with Gasteiger partial charge in [0.1, 0.15) is 23.0 Å². The van der Waals surface area contributed by atoms with Crippen molar-refractivity contribution in [1.29, 1.82) is 5.26 Å². The van der Waals surface area contributed by atoms with Crippen LogP contribution in [0.5, 0.6) is 0 Å². The van der Waals surface area contributed by atoms with E-state index in [2.05, 4.69) is 6.07 Å². The number of hydrogen-bond donors (Lipinski definition) is 1. The minimum absolute atomic E-state index is 0.00936. The van der Waals surface area contributed by atoms with Crippen LogP contribution in [0.1, 0.15) is 62.6 Å². The van der Waals surface area contributed by atoms with E-state index in [0.29, 0.717) is 11.5 Å². The SMILES string of the molecule is CCC(C)N1C(=O)C2(N=C1N)c1cc(C#N)ccc1CC21CCC(OI)CC1. The molecule has 3 aliphatic rings. The zero-order chi connectivity index (χ0) is 20.1. The normalized spacial score (nSPS) is 32.5. The molecule has 1 fully saturated rings. The summed E-state index contributed by atoms with van der Waals surface area (Å²) in [6.45, 7) is 4.06. The molecular weight excluding hydrogens is 467 g/mol. The van der Waals surface area contributed by atoms with Crippen molar-refractivity contribution >= 4 is 34.9 Å². The highest BCUT2D eigenvalue weighted by atomic mass is 127. The minimum atomic E-state index is -1.01. The zero-order valence-electron chi connectivity index (χ0n) is 16.2. The first-order chi connectivity index (χ1) is 13.4. The number of benzene rings is 1. The lowest BCUT2D eigenvalue weighted by Gasteiger charge is -2.45. The van der Waals surface area contributed by atoms with Gasteiger partial charge >= 0.3 is 0 Å². The summed E-state index contributed by atoms with van der Waals surface area (Å²) >= 11 is 1.97. The van der Waals surface area contributed by atoms with Gasteiger partial charge in [-0.2, -0.15) is 5.26 Å². The van der Waals surface area contributed by atoms with E-state index in [1.165, 1.54) is 0 Å². The van der Waals surface area contributed by atoms with Gasteiger partial charge in [-0.05, 0) is 68.7 Å². The second-order valence-corrected chi connectivity index (χ2v) is 8.85. The van der Waals surface area contributed by atoms with Gasteiger partial charge in [-0.1, -0.05) is 13.0 Å². The number of amides is 1. The van der Waals surface area contributed by atoms with Crippen LogP contribution in [0.4, 0.5) is 0 Å². The van der Waals surface area contributed by atoms with Crippen LogP contribution < -0.4 is 5.73 Å². The first-order valence-corrected chi connectivity index (χ1v) is 10.8. The van der Waals surface area contributed by atoms with Gasteiger partial charge in [-0.25, -0.2) is 4.99 Å². The standard InChI is InChI=1S/C21H25IN4O2/c1-3-13(2)26-18(27)21(25-19(26)24)17-10-14(12-23)4-5-15(17)11-20(21)8-6-16(28-22)7-9-20/h4-5,10,13,16H,3,6-9,11H2,1-2H3,(H2,24,25). The second kappa shape index (κ2) is 6.99. The summed E-state index contributed by atoms with van der Waals surface area (Å²) in [7, 11) is 0. The Kier molecular flexibility index (Phi) is 4.91. The highest BCUT2D eigenvalue weighted by Gasteiger charge is 2.67. The minimum Gasteiger partial charge on any atom is -0.369 e. The maximum Gasteiger partial charge on any atom is 0.262 e. The Morgan fingerprint density at radius 3 is 2.79 bits per heavy atom. The van der Waals surface area contributed by atoms with Crippen molar-refractivity contribution in [1.82, 2.24) is 4.90 Å². The highest BCUT2D eigenvalue weighted by Crippen LogP contribution is 2.62. The molecule has 0 aromatic heterocycles. The molecule has 1 aromatic rings. The number of guanidine groups is 1. The molecule has 7 heteroatoms. The number of carbonyl (C=O) groups excluding carboxylic acids is 1. The fraction of sp³-hybridized carbons (Fsp3) is 0.571. The molecule has 6 nitrogen and oxygen atoms in total. The van der Waals surface area contributed by atoms with E-state index in [1.54, 1.807) is 4.90 Å². The molecule has 148 valence electrons. The lowest BCUT2D eigenvalue weighted by Crippen LogP contribution is -2.53. The van der Waals surface area contributed by atoms with Crippen molar-refractivity contribution in [2.75, 3.05) is 0 Å². The smallest absolute Gasteiger partial charge is 0.262 e. The fourth-order valence-corrected chi connectivity index (χ4v) is 5.88. The molecule has 1 aliphatic heterocycles. The number of nitrogens with zero attached hydrogens (tertiary/aromatic N) is 3. The lowest BCUT2D eigenvalue weighted by molar-refractivity contribution is -0.139. The Bertz CT molecular complexity index is 885. The number of hydrogen-bond acceptors (Lipinski definition) is 5. The van der Waals surface area contributed by atoms with Gasteiger partial charge in [0, 0.05) is 11.5 Å². The summed E-state index contributed by atoms with van der Waals surface area (Å²) in [4.78, 5) is 20.5. The summed E-state index contributed by atoms with van der Waals surface area (Å²) < 4.78 is 5.55. The molecular formula is C21H25IN4O2. The zero-order valence-corrected chi connectivity index (χ0v) is 18.4. The predicted molar refractivity (Wildman–Crippen MR) is 115 cm³/mol. The van der Waals surface area contributed by atoms with Crippen LogP contribution in [0.2, 0.25) is 0 Å². The molecule has 1 saturated carbocycles. The van der Waals surface area contributed by atoms with Crippen LogP contribution in [0.15, 0.2) is 23.2 Å². The Hall–Kier alpha value is -1.66. The van der Waals surface area contributed by atoms with E-state index < -0.39 is 5.54 Å². The molecule has 2 aliphatic carbocycles. The van der Waals surface area contributed by atoms with Gasteiger partial charge in [-0.3, -0.25) is 9.69 Å². The fourth-order valence-electron chi connectivity index (χ4n) is 5.37.